The molecule has 0 aromatic carbocycles. The van der Waals surface area contributed by atoms with Gasteiger partial charge >= 0.3 is 7.60 Å². The van der Waals surface area contributed by atoms with Gasteiger partial charge in [-0.25, -0.2) is 9.19 Å². The molecule has 1 unspecified atom stereocenters. The molecule has 0 aromatic heterocycles. The molecule has 11 heavy (non-hydrogen) atoms. The van der Waals surface area contributed by atoms with Gasteiger partial charge < -0.3 is 0 Å². The molecule has 0 spiro atoms. The van der Waals surface area contributed by atoms with Crippen LogP contribution in [0.3, 0.4) is 0 Å². The first-order valence-corrected chi connectivity index (χ1v) is 4.61. The molecule has 0 amide bonds. The Morgan fingerprint density at radius 3 is 2.45 bits per heavy atom. The van der Waals surface area contributed by atoms with Gasteiger partial charge in [0.1, 0.15) is 0 Å². The lowest BCUT2D eigenvalue weighted by Gasteiger charge is -2.13. The smallest absolute Gasteiger partial charge is 0.297 e. The molecule has 0 bridgehead atoms. The van der Waals surface area contributed by atoms with Gasteiger partial charge in [-0.3, -0.25) is 4.52 Å². The zero-order valence-corrected chi connectivity index (χ0v) is 7.67. The fourth-order valence-electron chi connectivity index (χ4n) is 0.456. The summed E-state index contributed by atoms with van der Waals surface area (Å²) in [5.41, 5.74) is 0. The molecule has 0 heterocycles. The van der Waals surface area contributed by atoms with Crippen LogP contribution in [0.1, 0.15) is 6.92 Å². The highest BCUT2D eigenvalue weighted by atomic mass is 31.2. The van der Waals surface area contributed by atoms with Gasteiger partial charge in [0, 0.05) is 14.1 Å². The van der Waals surface area contributed by atoms with Crippen molar-refractivity contribution < 1.29 is 13.7 Å². The lowest BCUT2D eigenvalue weighted by Crippen LogP contribution is -2.11. The molecule has 64 valence electrons. The summed E-state index contributed by atoms with van der Waals surface area (Å²) in [6.45, 7) is 1.84. The van der Waals surface area contributed by atoms with Gasteiger partial charge in [0.05, 0.1) is 6.61 Å². The average Bonchev–Trinajstić information content (AvgIpc) is 1.87. The van der Waals surface area contributed by atoms with Crippen molar-refractivity contribution in [2.24, 2.45) is 0 Å². The Hall–Kier alpha value is -0.400. The van der Waals surface area contributed by atoms with Gasteiger partial charge in [-0.2, -0.15) is 10.3 Å². The number of hydroxylamine groups is 2. The van der Waals surface area contributed by atoms with Crippen molar-refractivity contribution in [2.45, 2.75) is 6.92 Å². The minimum Gasteiger partial charge on any atom is -0.297 e. The third-order valence-electron chi connectivity index (χ3n) is 0.692. The predicted molar refractivity (Wildman–Crippen MR) is 39.6 cm³/mol. The van der Waals surface area contributed by atoms with Crippen molar-refractivity contribution in [3.8, 4) is 5.81 Å². The van der Waals surface area contributed by atoms with E-state index in [1.54, 1.807) is 6.92 Å². The quantitative estimate of drug-likeness (QED) is 0.478. The molecule has 0 aliphatic carbocycles. The number of rotatable bonds is 4. The Kier molecular flexibility index (Phi) is 4.31. The zero-order valence-electron chi connectivity index (χ0n) is 6.77. The van der Waals surface area contributed by atoms with E-state index >= 15 is 0 Å². The molecular formula is C5H11N2O3P. The first-order valence-electron chi connectivity index (χ1n) is 3.07. The molecule has 0 fully saturated rings. The Balaban J connectivity index is 4.15. The minimum absolute atomic E-state index is 0.193. The maximum absolute atomic E-state index is 11.1. The molecule has 5 nitrogen and oxygen atoms in total. The fourth-order valence-corrected chi connectivity index (χ4v) is 1.37. The predicted octanol–water partition coefficient (Wildman–Crippen LogP) is 1.19. The third-order valence-corrected chi connectivity index (χ3v) is 2.08. The van der Waals surface area contributed by atoms with Gasteiger partial charge in [0.2, 0.25) is 0 Å². The third kappa shape index (κ3) is 4.12. The van der Waals surface area contributed by atoms with Crippen LogP contribution < -0.4 is 0 Å². The summed E-state index contributed by atoms with van der Waals surface area (Å²) in [7, 11) is -0.463. The van der Waals surface area contributed by atoms with Crippen LogP contribution in [0, 0.1) is 11.1 Å². The summed E-state index contributed by atoms with van der Waals surface area (Å²) in [4.78, 5) is 0. The normalized spacial score (nSPS) is 15.9. The largest absolute Gasteiger partial charge is 0.448 e. The number of hydrogen-bond acceptors (Lipinski definition) is 5. The summed E-state index contributed by atoms with van der Waals surface area (Å²) in [6.07, 6.45) is 0. The SMILES string of the molecule is CCOP(=O)(C#N)ON(C)C. The maximum atomic E-state index is 11.1. The van der Waals surface area contributed by atoms with E-state index in [-0.39, 0.29) is 6.61 Å². The van der Waals surface area contributed by atoms with Crippen LogP contribution in [0.25, 0.3) is 0 Å². The number of nitriles is 1. The molecule has 1 atom stereocenters. The van der Waals surface area contributed by atoms with Crippen molar-refractivity contribution in [2.75, 3.05) is 20.7 Å². The first-order chi connectivity index (χ1) is 5.04. The molecule has 0 saturated heterocycles. The highest BCUT2D eigenvalue weighted by molar-refractivity contribution is 7.59. The number of nitrogens with zero attached hydrogens (tertiary/aromatic N) is 2. The lowest BCUT2D eigenvalue weighted by atomic mass is 10.9. The molecule has 0 saturated carbocycles. The molecule has 0 aliphatic rings. The first kappa shape index (κ1) is 10.6. The van der Waals surface area contributed by atoms with Crippen molar-refractivity contribution in [1.82, 2.24) is 5.06 Å². The van der Waals surface area contributed by atoms with E-state index in [1.807, 2.05) is 0 Å². The van der Waals surface area contributed by atoms with E-state index in [0.717, 1.165) is 0 Å². The fraction of sp³-hybridized carbons (Fsp3) is 0.800. The standard InChI is InChI=1S/C5H11N2O3P/c1-4-9-11(8,5-6)10-7(2)3/h4H2,1-3H3. The Morgan fingerprint density at radius 1 is 1.64 bits per heavy atom. The second-order valence-electron chi connectivity index (χ2n) is 1.91. The van der Waals surface area contributed by atoms with Crippen LogP contribution in [0.4, 0.5) is 0 Å². The maximum Gasteiger partial charge on any atom is 0.448 e. The Morgan fingerprint density at radius 2 is 2.18 bits per heavy atom. The van der Waals surface area contributed by atoms with E-state index in [4.69, 9.17) is 5.26 Å². The zero-order chi connectivity index (χ0) is 8.91. The molecule has 6 heteroatoms. The Labute approximate surface area is 66.0 Å². The topological polar surface area (TPSA) is 62.6 Å². The highest BCUT2D eigenvalue weighted by Gasteiger charge is 2.24. The van der Waals surface area contributed by atoms with E-state index < -0.39 is 7.60 Å². The second kappa shape index (κ2) is 4.47. The van der Waals surface area contributed by atoms with Crippen LogP contribution in [-0.2, 0) is 13.7 Å². The summed E-state index contributed by atoms with van der Waals surface area (Å²) in [5, 5.41) is 9.56. The summed E-state index contributed by atoms with van der Waals surface area (Å²) in [6, 6.07) is 0. The Bertz CT molecular complexity index is 198. The molecule has 0 rings (SSSR count). The molecule has 0 aliphatic heterocycles. The van der Waals surface area contributed by atoms with Gasteiger partial charge in [-0.1, -0.05) is 0 Å². The van der Waals surface area contributed by atoms with Gasteiger partial charge in [-0.05, 0) is 6.92 Å². The van der Waals surface area contributed by atoms with Crippen molar-refractivity contribution in [3.63, 3.8) is 0 Å². The number of hydrogen-bond donors (Lipinski definition) is 0. The monoisotopic (exact) mass is 178 g/mol. The van der Waals surface area contributed by atoms with Crippen molar-refractivity contribution in [1.29, 1.82) is 5.26 Å². The van der Waals surface area contributed by atoms with Crippen molar-refractivity contribution in [3.05, 3.63) is 0 Å². The average molecular weight is 178 g/mol. The van der Waals surface area contributed by atoms with E-state index in [9.17, 15) is 4.57 Å². The van der Waals surface area contributed by atoms with E-state index in [1.165, 1.54) is 25.0 Å². The molecule has 0 aromatic rings. The van der Waals surface area contributed by atoms with Gasteiger partial charge in [0.15, 0.2) is 5.81 Å². The molecular weight excluding hydrogens is 167 g/mol. The van der Waals surface area contributed by atoms with Gasteiger partial charge in [-0.15, -0.1) is 0 Å². The van der Waals surface area contributed by atoms with E-state index in [0.29, 0.717) is 0 Å². The minimum atomic E-state index is -3.52. The highest BCUT2D eigenvalue weighted by Crippen LogP contribution is 2.46. The van der Waals surface area contributed by atoms with Crippen LogP contribution >= 0.6 is 7.60 Å². The van der Waals surface area contributed by atoms with Crippen LogP contribution in [0.15, 0.2) is 0 Å². The second-order valence-corrected chi connectivity index (χ2v) is 3.53. The van der Waals surface area contributed by atoms with Gasteiger partial charge in [0.25, 0.3) is 0 Å². The van der Waals surface area contributed by atoms with Crippen LogP contribution in [0.5, 0.6) is 0 Å². The van der Waals surface area contributed by atoms with Crippen molar-refractivity contribution >= 4 is 7.60 Å². The summed E-state index contributed by atoms with van der Waals surface area (Å²) in [5.74, 6) is 1.48. The van der Waals surface area contributed by atoms with Crippen LogP contribution in [-0.4, -0.2) is 25.8 Å². The summed E-state index contributed by atoms with van der Waals surface area (Å²) < 4.78 is 20.4. The summed E-state index contributed by atoms with van der Waals surface area (Å²) >= 11 is 0. The molecule has 0 radical (unpaired) electrons. The van der Waals surface area contributed by atoms with E-state index in [2.05, 4.69) is 9.15 Å². The van der Waals surface area contributed by atoms with Crippen LogP contribution in [0.2, 0.25) is 0 Å². The lowest BCUT2D eigenvalue weighted by molar-refractivity contribution is -0.0170. The molecule has 0 N–H and O–H groups in total.